The second-order valence-corrected chi connectivity index (χ2v) is 7.03. The van der Waals surface area contributed by atoms with Crippen molar-refractivity contribution in [2.75, 3.05) is 6.54 Å². The standard InChI is InChI=1S/C19H29NO/c1-7-9-20-16(8-2)17-12-14-11-15(19(4,5)6)10-13(3)18(14)21-17/h10-12,16,20H,7-9H2,1-6H3. The Kier molecular flexibility index (Phi) is 4.77. The first kappa shape index (κ1) is 16.1. The van der Waals surface area contributed by atoms with E-state index in [2.05, 4.69) is 65.1 Å². The van der Waals surface area contributed by atoms with Crippen molar-refractivity contribution in [3.8, 4) is 0 Å². The average molecular weight is 287 g/mol. The lowest BCUT2D eigenvalue weighted by Gasteiger charge is -2.19. The van der Waals surface area contributed by atoms with Crippen LogP contribution in [0.4, 0.5) is 0 Å². The Bertz CT molecular complexity index is 604. The summed E-state index contributed by atoms with van der Waals surface area (Å²) >= 11 is 0. The van der Waals surface area contributed by atoms with Crippen LogP contribution in [0.3, 0.4) is 0 Å². The van der Waals surface area contributed by atoms with Crippen LogP contribution in [0, 0.1) is 6.92 Å². The summed E-state index contributed by atoms with van der Waals surface area (Å²) in [5, 5.41) is 4.80. The van der Waals surface area contributed by atoms with Crippen LogP contribution in [0.2, 0.25) is 0 Å². The van der Waals surface area contributed by atoms with Crippen LogP contribution in [0.5, 0.6) is 0 Å². The molecule has 1 aromatic carbocycles. The van der Waals surface area contributed by atoms with E-state index in [0.29, 0.717) is 6.04 Å². The molecule has 0 saturated carbocycles. The Labute approximate surface area is 128 Å². The van der Waals surface area contributed by atoms with E-state index >= 15 is 0 Å². The van der Waals surface area contributed by atoms with E-state index < -0.39 is 0 Å². The number of furan rings is 1. The van der Waals surface area contributed by atoms with Gasteiger partial charge >= 0.3 is 0 Å². The highest BCUT2D eigenvalue weighted by atomic mass is 16.3. The van der Waals surface area contributed by atoms with Crippen molar-refractivity contribution in [3.63, 3.8) is 0 Å². The highest BCUT2D eigenvalue weighted by molar-refractivity contribution is 5.82. The fourth-order valence-electron chi connectivity index (χ4n) is 2.72. The fraction of sp³-hybridized carbons (Fsp3) is 0.579. The molecular formula is C19H29NO. The third-order valence-electron chi connectivity index (χ3n) is 4.08. The number of rotatable bonds is 5. The predicted molar refractivity (Wildman–Crippen MR) is 91.0 cm³/mol. The Morgan fingerprint density at radius 1 is 1.14 bits per heavy atom. The maximum atomic E-state index is 6.15. The van der Waals surface area contributed by atoms with Gasteiger partial charge in [-0.25, -0.2) is 0 Å². The van der Waals surface area contributed by atoms with E-state index in [9.17, 15) is 0 Å². The lowest BCUT2D eigenvalue weighted by molar-refractivity contribution is 0.420. The highest BCUT2D eigenvalue weighted by Gasteiger charge is 2.19. The van der Waals surface area contributed by atoms with Gasteiger partial charge in [0.1, 0.15) is 11.3 Å². The maximum Gasteiger partial charge on any atom is 0.137 e. The van der Waals surface area contributed by atoms with Crippen LogP contribution in [-0.4, -0.2) is 6.54 Å². The fourth-order valence-corrected chi connectivity index (χ4v) is 2.72. The molecule has 116 valence electrons. The number of hydrogen-bond donors (Lipinski definition) is 1. The summed E-state index contributed by atoms with van der Waals surface area (Å²) in [7, 11) is 0. The molecule has 0 saturated heterocycles. The topological polar surface area (TPSA) is 25.2 Å². The van der Waals surface area contributed by atoms with Gasteiger partial charge in [0, 0.05) is 5.39 Å². The first-order chi connectivity index (χ1) is 9.86. The normalized spacial score (nSPS) is 13.8. The van der Waals surface area contributed by atoms with Gasteiger partial charge in [0.2, 0.25) is 0 Å². The third kappa shape index (κ3) is 3.49. The summed E-state index contributed by atoms with van der Waals surface area (Å²) in [5.41, 5.74) is 3.80. The van der Waals surface area contributed by atoms with Crippen molar-refractivity contribution in [2.45, 2.75) is 65.8 Å². The largest absolute Gasteiger partial charge is 0.459 e. The Morgan fingerprint density at radius 3 is 2.43 bits per heavy atom. The van der Waals surface area contributed by atoms with Gasteiger partial charge in [0.05, 0.1) is 6.04 Å². The SMILES string of the molecule is CCCNC(CC)c1cc2cc(C(C)(C)C)cc(C)c2o1. The predicted octanol–water partition coefficient (Wildman–Crippen LogP) is 5.49. The minimum atomic E-state index is 0.168. The van der Waals surface area contributed by atoms with Crippen molar-refractivity contribution >= 4 is 11.0 Å². The van der Waals surface area contributed by atoms with Crippen molar-refractivity contribution < 1.29 is 4.42 Å². The summed E-state index contributed by atoms with van der Waals surface area (Å²) < 4.78 is 6.15. The molecule has 0 radical (unpaired) electrons. The Balaban J connectivity index is 2.43. The smallest absolute Gasteiger partial charge is 0.137 e. The lowest BCUT2D eigenvalue weighted by Crippen LogP contribution is -2.20. The molecule has 1 aromatic heterocycles. The average Bonchev–Trinajstić information content (AvgIpc) is 2.83. The summed E-state index contributed by atoms with van der Waals surface area (Å²) in [4.78, 5) is 0. The zero-order chi connectivity index (χ0) is 15.6. The zero-order valence-corrected chi connectivity index (χ0v) is 14.3. The number of aryl methyl sites for hydroxylation is 1. The second-order valence-electron chi connectivity index (χ2n) is 7.03. The van der Waals surface area contributed by atoms with Gasteiger partial charge < -0.3 is 9.73 Å². The molecule has 1 N–H and O–H groups in total. The molecular weight excluding hydrogens is 258 g/mol. The molecule has 1 unspecified atom stereocenters. The highest BCUT2D eigenvalue weighted by Crippen LogP contribution is 2.32. The summed E-state index contributed by atoms with van der Waals surface area (Å²) in [6, 6.07) is 7.07. The maximum absolute atomic E-state index is 6.15. The third-order valence-corrected chi connectivity index (χ3v) is 4.08. The molecule has 0 amide bonds. The van der Waals surface area contributed by atoms with E-state index in [1.165, 1.54) is 16.5 Å². The molecule has 0 bridgehead atoms. The van der Waals surface area contributed by atoms with Gasteiger partial charge in [-0.2, -0.15) is 0 Å². The Hall–Kier alpha value is -1.28. The lowest BCUT2D eigenvalue weighted by atomic mass is 9.85. The number of hydrogen-bond acceptors (Lipinski definition) is 2. The number of benzene rings is 1. The molecule has 0 spiro atoms. The van der Waals surface area contributed by atoms with Crippen LogP contribution in [0.1, 0.15) is 70.4 Å². The van der Waals surface area contributed by atoms with Crippen molar-refractivity contribution in [1.82, 2.24) is 5.32 Å². The van der Waals surface area contributed by atoms with Gasteiger partial charge in [-0.1, -0.05) is 40.7 Å². The molecule has 1 atom stereocenters. The molecule has 0 aliphatic heterocycles. The molecule has 0 aliphatic rings. The molecule has 2 rings (SSSR count). The van der Waals surface area contributed by atoms with Gasteiger partial charge in [0.15, 0.2) is 0 Å². The Morgan fingerprint density at radius 2 is 1.86 bits per heavy atom. The summed E-state index contributed by atoms with van der Waals surface area (Å²) in [6.07, 6.45) is 2.19. The van der Waals surface area contributed by atoms with Crippen LogP contribution < -0.4 is 5.32 Å². The molecule has 21 heavy (non-hydrogen) atoms. The second kappa shape index (κ2) is 6.23. The molecule has 1 heterocycles. The van der Waals surface area contributed by atoms with Crippen molar-refractivity contribution in [2.24, 2.45) is 0 Å². The van der Waals surface area contributed by atoms with Gasteiger partial charge in [0.25, 0.3) is 0 Å². The van der Waals surface area contributed by atoms with E-state index in [1.54, 1.807) is 0 Å². The molecule has 2 heteroatoms. The summed E-state index contributed by atoms with van der Waals surface area (Å²) in [5.74, 6) is 1.06. The van der Waals surface area contributed by atoms with E-state index in [1.807, 2.05) is 0 Å². The zero-order valence-electron chi connectivity index (χ0n) is 14.3. The van der Waals surface area contributed by atoms with E-state index in [-0.39, 0.29) is 5.41 Å². The van der Waals surface area contributed by atoms with Gasteiger partial charge in [-0.15, -0.1) is 0 Å². The molecule has 0 aliphatic carbocycles. The molecule has 2 nitrogen and oxygen atoms in total. The quantitative estimate of drug-likeness (QED) is 0.786. The molecule has 2 aromatic rings. The van der Waals surface area contributed by atoms with Crippen molar-refractivity contribution in [1.29, 1.82) is 0 Å². The van der Waals surface area contributed by atoms with Gasteiger partial charge in [-0.05, 0) is 55.0 Å². The first-order valence-electron chi connectivity index (χ1n) is 8.14. The van der Waals surface area contributed by atoms with Crippen LogP contribution in [0.25, 0.3) is 11.0 Å². The van der Waals surface area contributed by atoms with E-state index in [0.717, 1.165) is 30.7 Å². The van der Waals surface area contributed by atoms with Crippen LogP contribution in [0.15, 0.2) is 22.6 Å². The van der Waals surface area contributed by atoms with Crippen molar-refractivity contribution in [3.05, 3.63) is 35.1 Å². The van der Waals surface area contributed by atoms with Crippen LogP contribution in [-0.2, 0) is 5.41 Å². The minimum Gasteiger partial charge on any atom is -0.459 e. The number of nitrogens with one attached hydrogen (secondary N) is 1. The number of fused-ring (bicyclic) bond motifs is 1. The van der Waals surface area contributed by atoms with E-state index in [4.69, 9.17) is 4.42 Å². The monoisotopic (exact) mass is 287 g/mol. The van der Waals surface area contributed by atoms with Crippen LogP contribution >= 0.6 is 0 Å². The minimum absolute atomic E-state index is 0.168. The van der Waals surface area contributed by atoms with Gasteiger partial charge in [-0.3, -0.25) is 0 Å². The first-order valence-corrected chi connectivity index (χ1v) is 8.14. The molecule has 0 fully saturated rings. The summed E-state index contributed by atoms with van der Waals surface area (Å²) in [6.45, 7) is 14.3.